The van der Waals surface area contributed by atoms with Gasteiger partial charge in [-0.25, -0.2) is 8.78 Å². The Kier molecular flexibility index (Phi) is 6.89. The molecule has 6 nitrogen and oxygen atoms in total. The fourth-order valence-corrected chi connectivity index (χ4v) is 2.75. The van der Waals surface area contributed by atoms with E-state index in [0.29, 0.717) is 0 Å². The molecule has 27 heavy (non-hydrogen) atoms. The minimum absolute atomic E-state index is 0.0447. The number of ether oxygens (including phenoxy) is 1. The maximum Gasteiger partial charge on any atom is 0.316 e. The first kappa shape index (κ1) is 20.4. The Morgan fingerprint density at radius 1 is 1.15 bits per heavy atom. The highest BCUT2D eigenvalue weighted by molar-refractivity contribution is 8.00. The molecule has 0 heterocycles. The standard InChI is InChI=1S/C18H15F2NO5S/c1-10(22)21-14-6-11(2-5-15(14)23)16(24)8-26-18(25)9-27-17-7-12(19)3-4-13(17)20/h2-7,23H,8-9H2,1H3,(H,21,22). The molecule has 0 aliphatic rings. The van der Waals surface area contributed by atoms with E-state index in [1.54, 1.807) is 0 Å². The normalized spacial score (nSPS) is 10.3. The van der Waals surface area contributed by atoms with E-state index in [1.165, 1.54) is 25.1 Å². The van der Waals surface area contributed by atoms with Crippen LogP contribution in [-0.4, -0.2) is 35.1 Å². The van der Waals surface area contributed by atoms with E-state index in [0.717, 1.165) is 30.0 Å². The molecule has 2 N–H and O–H groups in total. The number of benzene rings is 2. The fraction of sp³-hybridized carbons (Fsp3) is 0.167. The van der Waals surface area contributed by atoms with E-state index in [-0.39, 0.29) is 27.6 Å². The average Bonchev–Trinajstić information content (AvgIpc) is 2.61. The van der Waals surface area contributed by atoms with Crippen molar-refractivity contribution in [3.05, 3.63) is 53.6 Å². The van der Waals surface area contributed by atoms with Crippen molar-refractivity contribution in [2.45, 2.75) is 11.8 Å². The van der Waals surface area contributed by atoms with Crippen LogP contribution >= 0.6 is 11.8 Å². The largest absolute Gasteiger partial charge is 0.506 e. The van der Waals surface area contributed by atoms with Crippen molar-refractivity contribution in [1.82, 2.24) is 0 Å². The number of aromatic hydroxyl groups is 1. The number of rotatable bonds is 7. The maximum absolute atomic E-state index is 13.5. The minimum atomic E-state index is -0.780. The zero-order valence-electron chi connectivity index (χ0n) is 14.1. The Morgan fingerprint density at radius 2 is 1.89 bits per heavy atom. The summed E-state index contributed by atoms with van der Waals surface area (Å²) in [6.07, 6.45) is 0. The van der Waals surface area contributed by atoms with Crippen molar-refractivity contribution < 1.29 is 33.0 Å². The van der Waals surface area contributed by atoms with Crippen molar-refractivity contribution in [3.63, 3.8) is 0 Å². The molecule has 1 amide bonds. The monoisotopic (exact) mass is 395 g/mol. The zero-order chi connectivity index (χ0) is 20.0. The zero-order valence-corrected chi connectivity index (χ0v) is 14.9. The first-order chi connectivity index (χ1) is 12.8. The van der Waals surface area contributed by atoms with Crippen molar-refractivity contribution in [1.29, 1.82) is 0 Å². The van der Waals surface area contributed by atoms with Crippen LogP contribution < -0.4 is 5.32 Å². The van der Waals surface area contributed by atoms with Gasteiger partial charge in [0.15, 0.2) is 12.4 Å². The number of nitrogens with one attached hydrogen (secondary N) is 1. The molecule has 2 aromatic rings. The predicted octanol–water partition coefficient (Wildman–Crippen LogP) is 3.15. The lowest BCUT2D eigenvalue weighted by molar-refractivity contribution is -0.139. The van der Waals surface area contributed by atoms with Crippen LogP contribution in [-0.2, 0) is 14.3 Å². The molecule has 0 saturated heterocycles. The molecule has 0 aliphatic carbocycles. The first-order valence-corrected chi connectivity index (χ1v) is 8.62. The molecule has 142 valence electrons. The van der Waals surface area contributed by atoms with Crippen molar-refractivity contribution in [2.24, 2.45) is 0 Å². The Hall–Kier alpha value is -2.94. The molecule has 0 saturated carbocycles. The SMILES string of the molecule is CC(=O)Nc1cc(C(=O)COC(=O)CSc2cc(F)ccc2F)ccc1O. The Morgan fingerprint density at radius 3 is 2.59 bits per heavy atom. The van der Waals surface area contributed by atoms with Gasteiger partial charge < -0.3 is 15.2 Å². The second kappa shape index (κ2) is 9.13. The number of esters is 1. The molecule has 0 aromatic heterocycles. The molecule has 0 bridgehead atoms. The number of hydrogen-bond acceptors (Lipinski definition) is 6. The van der Waals surface area contributed by atoms with Gasteiger partial charge in [-0.15, -0.1) is 11.8 Å². The number of phenols is 1. The minimum Gasteiger partial charge on any atom is -0.506 e. The van der Waals surface area contributed by atoms with E-state index in [2.05, 4.69) is 5.32 Å². The second-order valence-corrected chi connectivity index (χ2v) is 6.38. The van der Waals surface area contributed by atoms with Crippen LogP contribution in [0.15, 0.2) is 41.3 Å². The molecule has 2 aromatic carbocycles. The number of carbonyl (C=O) groups is 3. The van der Waals surface area contributed by atoms with Gasteiger partial charge in [0.05, 0.1) is 11.4 Å². The predicted molar refractivity (Wildman–Crippen MR) is 94.8 cm³/mol. The third kappa shape index (κ3) is 6.07. The molecule has 0 spiro atoms. The molecular formula is C18H15F2NO5S. The lowest BCUT2D eigenvalue weighted by atomic mass is 10.1. The molecule has 0 atom stereocenters. The van der Waals surface area contributed by atoms with Crippen molar-refractivity contribution in [2.75, 3.05) is 17.7 Å². The number of Topliss-reactive ketones (excluding diaryl/α,β-unsaturated/α-hetero) is 1. The second-order valence-electron chi connectivity index (χ2n) is 5.36. The number of amides is 1. The molecule has 0 radical (unpaired) electrons. The number of carbonyl (C=O) groups excluding carboxylic acids is 3. The van der Waals surface area contributed by atoms with E-state index < -0.39 is 35.9 Å². The van der Waals surface area contributed by atoms with Gasteiger partial charge in [-0.05, 0) is 36.4 Å². The van der Waals surface area contributed by atoms with Gasteiger partial charge in [-0.3, -0.25) is 14.4 Å². The van der Waals surface area contributed by atoms with Crippen LogP contribution in [0.5, 0.6) is 5.75 Å². The number of anilines is 1. The number of phenolic OH excluding ortho intramolecular Hbond substituents is 1. The van der Waals surface area contributed by atoms with Crippen LogP contribution in [0.4, 0.5) is 14.5 Å². The number of thioether (sulfide) groups is 1. The van der Waals surface area contributed by atoms with Gasteiger partial charge in [-0.2, -0.15) is 0 Å². The average molecular weight is 395 g/mol. The third-order valence-electron chi connectivity index (χ3n) is 3.23. The number of hydrogen-bond donors (Lipinski definition) is 2. The van der Waals surface area contributed by atoms with E-state index in [1.807, 2.05) is 0 Å². The molecule has 9 heteroatoms. The Balaban J connectivity index is 1.90. The highest BCUT2D eigenvalue weighted by Gasteiger charge is 2.14. The molecule has 0 fully saturated rings. The summed E-state index contributed by atoms with van der Waals surface area (Å²) in [6.45, 7) is 0.671. The quantitative estimate of drug-likeness (QED) is 0.324. The van der Waals surface area contributed by atoms with Gasteiger partial charge >= 0.3 is 5.97 Å². The van der Waals surface area contributed by atoms with Gasteiger partial charge in [0.25, 0.3) is 0 Å². The summed E-state index contributed by atoms with van der Waals surface area (Å²) >= 11 is 0.747. The Labute approximate surface area is 157 Å². The summed E-state index contributed by atoms with van der Waals surface area (Å²) in [5.74, 6) is -3.59. The van der Waals surface area contributed by atoms with E-state index in [4.69, 9.17) is 4.74 Å². The van der Waals surface area contributed by atoms with E-state index in [9.17, 15) is 28.3 Å². The summed E-state index contributed by atoms with van der Waals surface area (Å²) in [4.78, 5) is 34.8. The van der Waals surface area contributed by atoms with Crippen LogP contribution in [0.3, 0.4) is 0 Å². The van der Waals surface area contributed by atoms with Gasteiger partial charge in [0.1, 0.15) is 17.4 Å². The van der Waals surface area contributed by atoms with Crippen LogP contribution in [0.25, 0.3) is 0 Å². The van der Waals surface area contributed by atoms with Crippen molar-refractivity contribution >= 4 is 35.1 Å². The smallest absolute Gasteiger partial charge is 0.316 e. The van der Waals surface area contributed by atoms with Gasteiger partial charge in [0.2, 0.25) is 5.91 Å². The van der Waals surface area contributed by atoms with Crippen LogP contribution in [0, 0.1) is 11.6 Å². The first-order valence-electron chi connectivity index (χ1n) is 7.63. The highest BCUT2D eigenvalue weighted by Crippen LogP contribution is 2.25. The fourth-order valence-electron chi connectivity index (χ4n) is 1.99. The molecule has 0 aliphatic heterocycles. The van der Waals surface area contributed by atoms with Gasteiger partial charge in [-0.1, -0.05) is 0 Å². The Bertz CT molecular complexity index is 888. The molecule has 2 rings (SSSR count). The van der Waals surface area contributed by atoms with Crippen LogP contribution in [0.1, 0.15) is 17.3 Å². The van der Waals surface area contributed by atoms with E-state index >= 15 is 0 Å². The summed E-state index contributed by atoms with van der Waals surface area (Å²) in [5, 5.41) is 12.0. The van der Waals surface area contributed by atoms with Crippen molar-refractivity contribution in [3.8, 4) is 5.75 Å². The summed E-state index contributed by atoms with van der Waals surface area (Å²) in [6, 6.07) is 6.66. The third-order valence-corrected chi connectivity index (χ3v) is 4.24. The maximum atomic E-state index is 13.5. The van der Waals surface area contributed by atoms with Gasteiger partial charge in [0, 0.05) is 17.4 Å². The molecule has 0 unspecified atom stereocenters. The lowest BCUT2D eigenvalue weighted by Gasteiger charge is -2.08. The number of halogens is 2. The topological polar surface area (TPSA) is 92.7 Å². The lowest BCUT2D eigenvalue weighted by Crippen LogP contribution is -2.16. The van der Waals surface area contributed by atoms with Crippen LogP contribution in [0.2, 0.25) is 0 Å². The highest BCUT2D eigenvalue weighted by atomic mass is 32.2. The summed E-state index contributed by atoms with van der Waals surface area (Å²) < 4.78 is 31.4. The number of ketones is 1. The summed E-state index contributed by atoms with van der Waals surface area (Å²) in [7, 11) is 0. The summed E-state index contributed by atoms with van der Waals surface area (Å²) in [5.41, 5.74) is 0.171. The molecular weight excluding hydrogens is 380 g/mol.